The Morgan fingerprint density at radius 2 is 1.74 bits per heavy atom. The van der Waals surface area contributed by atoms with Crippen LogP contribution in [0.4, 0.5) is 5.69 Å². The van der Waals surface area contributed by atoms with Gasteiger partial charge in [-0.3, -0.25) is 13.9 Å². The highest BCUT2D eigenvalue weighted by Gasteiger charge is 2.32. The first-order valence-electron chi connectivity index (χ1n) is 10.8. The van der Waals surface area contributed by atoms with Crippen LogP contribution >= 0.6 is 27.5 Å². The third-order valence-corrected chi connectivity index (χ3v) is 6.91. The summed E-state index contributed by atoms with van der Waals surface area (Å²) < 4.78 is 32.6. The second-order valence-electron chi connectivity index (χ2n) is 9.15. The number of anilines is 1. The highest BCUT2D eigenvalue weighted by Crippen LogP contribution is 2.33. The molecule has 0 aliphatic carbocycles. The number of benzene rings is 2. The number of ether oxygens (including phenoxy) is 1. The Labute approximate surface area is 220 Å². The number of methoxy groups -OCH3 is 1. The molecule has 2 aromatic rings. The van der Waals surface area contributed by atoms with Crippen LogP contribution in [0.25, 0.3) is 0 Å². The lowest BCUT2D eigenvalue weighted by Crippen LogP contribution is -2.54. The zero-order valence-corrected chi connectivity index (χ0v) is 23.8. The van der Waals surface area contributed by atoms with E-state index in [9.17, 15) is 18.0 Å². The van der Waals surface area contributed by atoms with E-state index in [1.165, 1.54) is 24.1 Å². The van der Waals surface area contributed by atoms with Gasteiger partial charge in [-0.2, -0.15) is 0 Å². The highest BCUT2D eigenvalue weighted by atomic mass is 79.9. The molecule has 0 saturated heterocycles. The van der Waals surface area contributed by atoms with Gasteiger partial charge in [0.1, 0.15) is 18.3 Å². The van der Waals surface area contributed by atoms with E-state index in [4.69, 9.17) is 16.3 Å². The van der Waals surface area contributed by atoms with Crippen LogP contribution in [0.15, 0.2) is 46.9 Å². The van der Waals surface area contributed by atoms with Crippen LogP contribution in [0, 0.1) is 0 Å². The summed E-state index contributed by atoms with van der Waals surface area (Å²) in [6.07, 6.45) is 0.995. The Morgan fingerprint density at radius 3 is 2.26 bits per heavy atom. The van der Waals surface area contributed by atoms with Crippen molar-refractivity contribution in [1.82, 2.24) is 10.2 Å². The first kappa shape index (κ1) is 28.9. The van der Waals surface area contributed by atoms with Gasteiger partial charge in [0, 0.05) is 21.6 Å². The Balaban J connectivity index is 2.47. The SMILES string of the molecule is COc1ccc(Cl)cc1N(CC(=O)N(Cc1ccc(Br)cc1)[C@H](C)C(=O)NC(C)(C)C)S(C)(=O)=O. The largest absolute Gasteiger partial charge is 0.495 e. The third-order valence-electron chi connectivity index (χ3n) is 5.02. The molecule has 0 aliphatic rings. The average Bonchev–Trinajstić information content (AvgIpc) is 2.74. The first-order chi connectivity index (χ1) is 16.1. The molecule has 8 nitrogen and oxygen atoms in total. The van der Waals surface area contributed by atoms with Crippen LogP contribution in [0.3, 0.4) is 0 Å². The van der Waals surface area contributed by atoms with Gasteiger partial charge in [0.15, 0.2) is 0 Å². The van der Waals surface area contributed by atoms with Crippen molar-refractivity contribution in [2.75, 3.05) is 24.2 Å². The Bertz CT molecular complexity index is 1170. The van der Waals surface area contributed by atoms with E-state index in [1.807, 2.05) is 45.0 Å². The molecule has 0 unspecified atom stereocenters. The topological polar surface area (TPSA) is 96.0 Å². The molecule has 35 heavy (non-hydrogen) atoms. The smallest absolute Gasteiger partial charge is 0.244 e. The molecule has 2 amide bonds. The van der Waals surface area contributed by atoms with Gasteiger partial charge in [-0.25, -0.2) is 8.42 Å². The molecule has 1 N–H and O–H groups in total. The molecule has 0 spiro atoms. The van der Waals surface area contributed by atoms with Gasteiger partial charge >= 0.3 is 0 Å². The van der Waals surface area contributed by atoms with Gasteiger partial charge in [0.2, 0.25) is 21.8 Å². The number of sulfonamides is 1. The molecule has 0 aliphatic heterocycles. The van der Waals surface area contributed by atoms with E-state index >= 15 is 0 Å². The second kappa shape index (κ2) is 11.6. The normalized spacial score (nSPS) is 12.6. The van der Waals surface area contributed by atoms with Crippen molar-refractivity contribution in [2.24, 2.45) is 0 Å². The fourth-order valence-electron chi connectivity index (χ4n) is 3.30. The molecule has 2 rings (SSSR count). The van der Waals surface area contributed by atoms with Crippen LogP contribution in [0.2, 0.25) is 5.02 Å². The molecule has 0 heterocycles. The Kier molecular flexibility index (Phi) is 9.61. The van der Waals surface area contributed by atoms with Crippen molar-refractivity contribution >= 4 is 55.1 Å². The summed E-state index contributed by atoms with van der Waals surface area (Å²) in [6.45, 7) is 6.71. The molecule has 0 fully saturated rings. The maximum Gasteiger partial charge on any atom is 0.244 e. The van der Waals surface area contributed by atoms with Gasteiger partial charge in [0.25, 0.3) is 0 Å². The van der Waals surface area contributed by atoms with E-state index < -0.39 is 34.1 Å². The number of hydrogen-bond acceptors (Lipinski definition) is 5. The molecular formula is C24H31BrClN3O5S. The van der Waals surface area contributed by atoms with Crippen LogP contribution in [-0.4, -0.2) is 56.6 Å². The number of nitrogens with zero attached hydrogens (tertiary/aromatic N) is 2. The molecule has 11 heteroatoms. The molecule has 0 radical (unpaired) electrons. The second-order valence-corrected chi connectivity index (χ2v) is 12.4. The lowest BCUT2D eigenvalue weighted by Gasteiger charge is -2.33. The van der Waals surface area contributed by atoms with Crippen LogP contribution in [0.1, 0.15) is 33.3 Å². The maximum atomic E-state index is 13.6. The van der Waals surface area contributed by atoms with Gasteiger partial charge < -0.3 is 15.0 Å². The van der Waals surface area contributed by atoms with Gasteiger partial charge in [-0.1, -0.05) is 39.7 Å². The molecule has 0 bridgehead atoms. The molecule has 0 saturated carbocycles. The standard InChI is InChI=1S/C24H31BrClN3O5S/c1-16(23(31)27-24(2,3)4)28(14-17-7-9-18(25)10-8-17)22(30)15-29(35(6,32)33)20-13-19(26)11-12-21(20)34-5/h7-13,16H,14-15H2,1-6H3,(H,27,31)/t16-/m1/s1. The minimum Gasteiger partial charge on any atom is -0.495 e. The van der Waals surface area contributed by atoms with E-state index in [0.717, 1.165) is 20.6 Å². The maximum absolute atomic E-state index is 13.6. The highest BCUT2D eigenvalue weighted by molar-refractivity contribution is 9.10. The van der Waals surface area contributed by atoms with Gasteiger partial charge in [-0.05, 0) is 63.6 Å². The van der Waals surface area contributed by atoms with Gasteiger partial charge in [0.05, 0.1) is 19.1 Å². The Morgan fingerprint density at radius 1 is 1.14 bits per heavy atom. The van der Waals surface area contributed by atoms with Crippen LogP contribution in [-0.2, 0) is 26.2 Å². The zero-order chi connectivity index (χ0) is 26.6. The number of hydrogen-bond donors (Lipinski definition) is 1. The summed E-state index contributed by atoms with van der Waals surface area (Å²) in [5, 5.41) is 3.16. The van der Waals surface area contributed by atoms with Crippen molar-refractivity contribution in [3.8, 4) is 5.75 Å². The Hall–Kier alpha value is -2.30. The third kappa shape index (κ3) is 8.40. The summed E-state index contributed by atoms with van der Waals surface area (Å²) in [5.74, 6) is -0.670. The zero-order valence-electron chi connectivity index (χ0n) is 20.6. The number of rotatable bonds is 9. The summed E-state index contributed by atoms with van der Waals surface area (Å²) in [5.41, 5.74) is 0.402. The molecule has 2 aromatic carbocycles. The summed E-state index contributed by atoms with van der Waals surface area (Å²) in [4.78, 5) is 27.9. The number of nitrogens with one attached hydrogen (secondary N) is 1. The monoisotopic (exact) mass is 587 g/mol. The summed E-state index contributed by atoms with van der Waals surface area (Å²) in [6, 6.07) is 11.0. The number of halogens is 2. The summed E-state index contributed by atoms with van der Waals surface area (Å²) in [7, 11) is -2.51. The molecular weight excluding hydrogens is 558 g/mol. The van der Waals surface area contributed by atoms with E-state index in [2.05, 4.69) is 21.2 Å². The molecule has 1 atom stereocenters. The lowest BCUT2D eigenvalue weighted by atomic mass is 10.1. The van der Waals surface area contributed by atoms with E-state index in [-0.39, 0.29) is 28.9 Å². The van der Waals surface area contributed by atoms with Crippen molar-refractivity contribution < 1.29 is 22.7 Å². The number of amides is 2. The quantitative estimate of drug-likeness (QED) is 0.474. The average molecular weight is 589 g/mol. The van der Waals surface area contributed by atoms with E-state index in [0.29, 0.717) is 0 Å². The molecule has 0 aromatic heterocycles. The van der Waals surface area contributed by atoms with Crippen LogP contribution in [0.5, 0.6) is 5.75 Å². The van der Waals surface area contributed by atoms with E-state index in [1.54, 1.807) is 13.0 Å². The van der Waals surface area contributed by atoms with Crippen molar-refractivity contribution in [2.45, 2.75) is 45.8 Å². The minimum atomic E-state index is -3.91. The van der Waals surface area contributed by atoms with Crippen LogP contribution < -0.4 is 14.4 Å². The number of carbonyl (C=O) groups excluding carboxylic acids is 2. The lowest BCUT2D eigenvalue weighted by molar-refractivity contribution is -0.140. The molecule has 192 valence electrons. The predicted octanol–water partition coefficient (Wildman–Crippen LogP) is 4.21. The fourth-order valence-corrected chi connectivity index (χ4v) is 4.57. The number of carbonyl (C=O) groups is 2. The predicted molar refractivity (Wildman–Crippen MR) is 142 cm³/mol. The van der Waals surface area contributed by atoms with Crippen molar-refractivity contribution in [1.29, 1.82) is 0 Å². The summed E-state index contributed by atoms with van der Waals surface area (Å²) >= 11 is 9.50. The van der Waals surface area contributed by atoms with Crippen molar-refractivity contribution in [3.05, 3.63) is 57.5 Å². The van der Waals surface area contributed by atoms with Crippen molar-refractivity contribution in [3.63, 3.8) is 0 Å². The minimum absolute atomic E-state index is 0.106. The van der Waals surface area contributed by atoms with Gasteiger partial charge in [-0.15, -0.1) is 0 Å². The first-order valence-corrected chi connectivity index (χ1v) is 13.8. The fraction of sp³-hybridized carbons (Fsp3) is 0.417.